The molecule has 0 saturated carbocycles. The lowest BCUT2D eigenvalue weighted by Crippen LogP contribution is -2.25. The number of nitrogens with one attached hydrogen (secondary N) is 2. The molecule has 0 saturated heterocycles. The molecule has 132 valence electrons. The van der Waals surface area contributed by atoms with Crippen LogP contribution in [0, 0.1) is 0 Å². The highest BCUT2D eigenvalue weighted by atomic mass is 19.4. The Balaban J connectivity index is 1.90. The second-order valence-electron chi connectivity index (χ2n) is 5.74. The number of hydrogen-bond donors (Lipinski definition) is 2. The van der Waals surface area contributed by atoms with Gasteiger partial charge in [0.2, 0.25) is 0 Å². The predicted octanol–water partition coefficient (Wildman–Crippen LogP) is 3.61. The molecule has 0 aromatic heterocycles. The van der Waals surface area contributed by atoms with Gasteiger partial charge in [0.15, 0.2) is 0 Å². The lowest BCUT2D eigenvalue weighted by Gasteiger charge is -2.20. The van der Waals surface area contributed by atoms with E-state index in [1.165, 1.54) is 6.07 Å². The molecule has 2 N–H and O–H groups in total. The molecule has 7 heteroatoms. The van der Waals surface area contributed by atoms with E-state index < -0.39 is 17.6 Å². The van der Waals surface area contributed by atoms with E-state index in [1.54, 1.807) is 6.07 Å². The number of rotatable bonds is 3. The van der Waals surface area contributed by atoms with E-state index in [0.717, 1.165) is 43.3 Å². The zero-order valence-electron chi connectivity index (χ0n) is 13.5. The van der Waals surface area contributed by atoms with E-state index in [0.29, 0.717) is 12.2 Å². The molecule has 1 amide bonds. The topological polar surface area (TPSA) is 50.4 Å². The van der Waals surface area contributed by atoms with Gasteiger partial charge in [-0.25, -0.2) is 0 Å². The van der Waals surface area contributed by atoms with Gasteiger partial charge in [0, 0.05) is 17.8 Å². The average Bonchev–Trinajstić information content (AvgIpc) is 2.60. The average molecular weight is 350 g/mol. The molecule has 0 unspecified atom stereocenters. The van der Waals surface area contributed by atoms with E-state index in [-0.39, 0.29) is 11.3 Å². The first-order chi connectivity index (χ1) is 11.9. The van der Waals surface area contributed by atoms with Crippen LogP contribution in [0.5, 0.6) is 5.75 Å². The molecule has 0 aliphatic carbocycles. The van der Waals surface area contributed by atoms with E-state index in [2.05, 4.69) is 10.6 Å². The number of amides is 1. The fourth-order valence-electron chi connectivity index (χ4n) is 2.91. The second kappa shape index (κ2) is 6.76. The molecule has 25 heavy (non-hydrogen) atoms. The number of anilines is 1. The molecule has 4 nitrogen and oxygen atoms in total. The number of halogens is 3. The van der Waals surface area contributed by atoms with Gasteiger partial charge in [0.25, 0.3) is 5.91 Å². The summed E-state index contributed by atoms with van der Waals surface area (Å²) in [5.74, 6) is -0.896. The van der Waals surface area contributed by atoms with Crippen LogP contribution in [0.4, 0.5) is 18.9 Å². The number of carbonyl (C=O) groups excluding carboxylic acids is 1. The number of ether oxygens (including phenoxy) is 1. The summed E-state index contributed by atoms with van der Waals surface area (Å²) in [4.78, 5) is 12.4. The zero-order valence-corrected chi connectivity index (χ0v) is 13.5. The molecule has 1 aliphatic rings. The van der Waals surface area contributed by atoms with Crippen molar-refractivity contribution in [1.29, 1.82) is 0 Å². The van der Waals surface area contributed by atoms with Crippen molar-refractivity contribution in [2.75, 3.05) is 19.0 Å². The number of benzene rings is 2. The quantitative estimate of drug-likeness (QED) is 0.889. The van der Waals surface area contributed by atoms with Crippen LogP contribution >= 0.6 is 0 Å². The SMILES string of the molecule is COc1ccc(C(=O)Nc2cccc3c2CCNC3)cc1C(F)(F)F. The maximum Gasteiger partial charge on any atom is 0.419 e. The van der Waals surface area contributed by atoms with Gasteiger partial charge in [-0.3, -0.25) is 4.79 Å². The molecule has 3 rings (SSSR count). The molecule has 0 bridgehead atoms. The maximum absolute atomic E-state index is 13.1. The van der Waals surface area contributed by atoms with Gasteiger partial charge in [0.05, 0.1) is 12.7 Å². The van der Waals surface area contributed by atoms with Gasteiger partial charge < -0.3 is 15.4 Å². The minimum Gasteiger partial charge on any atom is -0.496 e. The van der Waals surface area contributed by atoms with Gasteiger partial charge in [-0.2, -0.15) is 13.2 Å². The smallest absolute Gasteiger partial charge is 0.419 e. The summed E-state index contributed by atoms with van der Waals surface area (Å²) in [5, 5.41) is 5.97. The Bertz CT molecular complexity index is 803. The predicted molar refractivity (Wildman–Crippen MR) is 87.8 cm³/mol. The lowest BCUT2D eigenvalue weighted by molar-refractivity contribution is -0.138. The Kier molecular flexibility index (Phi) is 4.67. The first kappa shape index (κ1) is 17.3. The standard InChI is InChI=1S/C18H17F3N2O2/c1-25-16-6-5-11(9-14(16)18(19,20)21)17(24)23-15-4-2-3-12-10-22-8-7-13(12)15/h2-6,9,22H,7-8,10H2,1H3,(H,23,24). The molecular weight excluding hydrogens is 333 g/mol. The van der Waals surface area contributed by atoms with Crippen LogP contribution in [0.15, 0.2) is 36.4 Å². The summed E-state index contributed by atoms with van der Waals surface area (Å²) in [6.45, 7) is 1.50. The van der Waals surface area contributed by atoms with Crippen molar-refractivity contribution in [3.8, 4) is 5.75 Å². The number of carbonyl (C=O) groups is 1. The first-order valence-corrected chi connectivity index (χ1v) is 7.78. The monoisotopic (exact) mass is 350 g/mol. The van der Waals surface area contributed by atoms with Crippen molar-refractivity contribution in [3.05, 3.63) is 58.7 Å². The van der Waals surface area contributed by atoms with Crippen LogP contribution in [0.25, 0.3) is 0 Å². The van der Waals surface area contributed by atoms with E-state index in [4.69, 9.17) is 4.74 Å². The van der Waals surface area contributed by atoms with Gasteiger partial charge in [-0.1, -0.05) is 12.1 Å². The zero-order chi connectivity index (χ0) is 18.0. The third-order valence-corrected chi connectivity index (χ3v) is 4.16. The van der Waals surface area contributed by atoms with Crippen molar-refractivity contribution in [2.45, 2.75) is 19.1 Å². The van der Waals surface area contributed by atoms with Crippen molar-refractivity contribution < 1.29 is 22.7 Å². The minimum atomic E-state index is -4.60. The Morgan fingerprint density at radius 2 is 2.04 bits per heavy atom. The molecule has 1 aliphatic heterocycles. The Morgan fingerprint density at radius 3 is 2.76 bits per heavy atom. The second-order valence-corrected chi connectivity index (χ2v) is 5.74. The Labute approximate surface area is 143 Å². The van der Waals surface area contributed by atoms with Crippen molar-refractivity contribution in [2.24, 2.45) is 0 Å². The molecule has 2 aromatic rings. The molecule has 1 heterocycles. The highest BCUT2D eigenvalue weighted by molar-refractivity contribution is 6.05. The van der Waals surface area contributed by atoms with Crippen LogP contribution < -0.4 is 15.4 Å². The normalized spacial score (nSPS) is 13.9. The summed E-state index contributed by atoms with van der Waals surface area (Å²) < 4.78 is 44.1. The maximum atomic E-state index is 13.1. The minimum absolute atomic E-state index is 0.0698. The van der Waals surface area contributed by atoms with Crippen molar-refractivity contribution in [1.82, 2.24) is 5.32 Å². The van der Waals surface area contributed by atoms with Crippen molar-refractivity contribution >= 4 is 11.6 Å². The summed E-state index contributed by atoms with van der Waals surface area (Å²) in [6, 6.07) is 8.83. The fraction of sp³-hybridized carbons (Fsp3) is 0.278. The summed E-state index contributed by atoms with van der Waals surface area (Å²) in [6.07, 6.45) is -3.85. The number of hydrogen-bond acceptors (Lipinski definition) is 3. The number of alkyl halides is 3. The van der Waals surface area contributed by atoms with Gasteiger partial charge in [0.1, 0.15) is 5.75 Å². The highest BCUT2D eigenvalue weighted by Crippen LogP contribution is 2.36. The third kappa shape index (κ3) is 3.61. The van der Waals surface area contributed by atoms with Crippen LogP contribution in [0.3, 0.4) is 0 Å². The summed E-state index contributed by atoms with van der Waals surface area (Å²) >= 11 is 0. The van der Waals surface area contributed by atoms with Crippen LogP contribution in [-0.2, 0) is 19.1 Å². The molecule has 0 fully saturated rings. The van der Waals surface area contributed by atoms with E-state index >= 15 is 0 Å². The summed E-state index contributed by atoms with van der Waals surface area (Å²) in [7, 11) is 1.16. The first-order valence-electron chi connectivity index (χ1n) is 7.78. The van der Waals surface area contributed by atoms with E-state index in [9.17, 15) is 18.0 Å². The van der Waals surface area contributed by atoms with Crippen LogP contribution in [0.2, 0.25) is 0 Å². The molecular formula is C18H17F3N2O2. The Morgan fingerprint density at radius 1 is 1.24 bits per heavy atom. The number of fused-ring (bicyclic) bond motifs is 1. The van der Waals surface area contributed by atoms with Crippen molar-refractivity contribution in [3.63, 3.8) is 0 Å². The van der Waals surface area contributed by atoms with Crippen LogP contribution in [0.1, 0.15) is 27.0 Å². The Hall–Kier alpha value is -2.54. The highest BCUT2D eigenvalue weighted by Gasteiger charge is 2.35. The molecule has 2 aromatic carbocycles. The molecule has 0 atom stereocenters. The van der Waals surface area contributed by atoms with Gasteiger partial charge >= 0.3 is 6.18 Å². The van der Waals surface area contributed by atoms with Gasteiger partial charge in [-0.05, 0) is 48.4 Å². The van der Waals surface area contributed by atoms with Crippen LogP contribution in [-0.4, -0.2) is 19.6 Å². The number of methoxy groups -OCH3 is 1. The molecule has 0 radical (unpaired) electrons. The third-order valence-electron chi connectivity index (χ3n) is 4.16. The van der Waals surface area contributed by atoms with Gasteiger partial charge in [-0.15, -0.1) is 0 Å². The fourth-order valence-corrected chi connectivity index (χ4v) is 2.91. The largest absolute Gasteiger partial charge is 0.496 e. The van der Waals surface area contributed by atoms with E-state index in [1.807, 2.05) is 12.1 Å². The summed E-state index contributed by atoms with van der Waals surface area (Å²) in [5.41, 5.74) is 1.68. The molecule has 0 spiro atoms. The lowest BCUT2D eigenvalue weighted by atomic mass is 9.99.